The number of fused-ring (bicyclic) bond motifs is 1. The molecule has 11 heteroatoms. The number of aryl methyl sites for hydroxylation is 2. The Labute approximate surface area is 206 Å². The number of aliphatic hydroxyl groups is 4. The minimum atomic E-state index is -1.73. The predicted octanol–water partition coefficient (Wildman–Crippen LogP) is -0.195. The van der Waals surface area contributed by atoms with Gasteiger partial charge in [-0.2, -0.15) is 0 Å². The molecule has 11 nitrogen and oxygen atoms in total. The van der Waals surface area contributed by atoms with Crippen LogP contribution in [0.3, 0.4) is 0 Å². The minimum Gasteiger partial charge on any atom is -0.465 e. The fourth-order valence-electron chi connectivity index (χ4n) is 3.68. The number of ether oxygens (including phenoxy) is 1. The van der Waals surface area contributed by atoms with Crippen molar-refractivity contribution in [1.82, 2.24) is 14.9 Å². The average molecular weight is 500 g/mol. The van der Waals surface area contributed by atoms with Gasteiger partial charge in [-0.1, -0.05) is 12.1 Å². The van der Waals surface area contributed by atoms with Crippen LogP contribution in [0.15, 0.2) is 41.2 Å². The van der Waals surface area contributed by atoms with Gasteiger partial charge < -0.3 is 35.0 Å². The number of carbonyl (C=O) groups excluding carboxylic acids is 2. The Bertz CT molecular complexity index is 1340. The van der Waals surface area contributed by atoms with Gasteiger partial charge >= 0.3 is 5.97 Å². The molecule has 3 atom stereocenters. The van der Waals surface area contributed by atoms with Gasteiger partial charge in [-0.15, -0.1) is 0 Å². The van der Waals surface area contributed by atoms with Crippen LogP contribution in [-0.4, -0.2) is 73.9 Å². The van der Waals surface area contributed by atoms with Gasteiger partial charge in [0.2, 0.25) is 0 Å². The molecule has 1 heterocycles. The maximum absolute atomic E-state index is 13.3. The van der Waals surface area contributed by atoms with Crippen LogP contribution in [0, 0.1) is 13.8 Å². The molecule has 0 radical (unpaired) electrons. The summed E-state index contributed by atoms with van der Waals surface area (Å²) in [6.45, 7) is 2.43. The van der Waals surface area contributed by atoms with E-state index in [9.17, 15) is 29.7 Å². The summed E-state index contributed by atoms with van der Waals surface area (Å²) >= 11 is 0. The first-order valence-corrected chi connectivity index (χ1v) is 11.2. The first kappa shape index (κ1) is 27.0. The normalized spacial score (nSPS) is 13.8. The van der Waals surface area contributed by atoms with E-state index < -0.39 is 54.6 Å². The third-order valence-corrected chi connectivity index (χ3v) is 5.92. The molecule has 192 valence electrons. The van der Waals surface area contributed by atoms with E-state index in [1.54, 1.807) is 36.4 Å². The molecule has 0 spiro atoms. The highest BCUT2D eigenvalue weighted by atomic mass is 16.5. The fraction of sp³-hybridized carbons (Fsp3) is 0.360. The summed E-state index contributed by atoms with van der Waals surface area (Å²) in [6, 6.07) is 9.82. The summed E-state index contributed by atoms with van der Waals surface area (Å²) in [6.07, 6.45) is -4.96. The number of rotatable bonds is 9. The summed E-state index contributed by atoms with van der Waals surface area (Å²) < 4.78 is 5.81. The van der Waals surface area contributed by atoms with Crippen LogP contribution >= 0.6 is 0 Å². The van der Waals surface area contributed by atoms with E-state index in [2.05, 4.69) is 10.3 Å². The summed E-state index contributed by atoms with van der Waals surface area (Å²) in [4.78, 5) is 42.3. The molecule has 3 rings (SSSR count). The van der Waals surface area contributed by atoms with E-state index in [1.807, 2.05) is 13.8 Å². The molecule has 0 fully saturated rings. The molecule has 1 aromatic heterocycles. The number of amides is 1. The predicted molar refractivity (Wildman–Crippen MR) is 130 cm³/mol. The van der Waals surface area contributed by atoms with Crippen LogP contribution in [0.1, 0.15) is 37.5 Å². The molecule has 0 aliphatic carbocycles. The number of hydrogen-bond donors (Lipinski definition) is 5. The van der Waals surface area contributed by atoms with E-state index in [0.29, 0.717) is 22.2 Å². The van der Waals surface area contributed by atoms with E-state index >= 15 is 0 Å². The molecule has 36 heavy (non-hydrogen) atoms. The number of nitrogens with zero attached hydrogens (tertiary/aromatic N) is 2. The Hall–Kier alpha value is -3.64. The van der Waals surface area contributed by atoms with Crippen LogP contribution in [0.4, 0.5) is 0 Å². The molecule has 2 aromatic carbocycles. The van der Waals surface area contributed by atoms with Crippen molar-refractivity contribution >= 4 is 22.9 Å². The molecule has 1 amide bonds. The van der Waals surface area contributed by atoms with Crippen molar-refractivity contribution in [3.05, 3.63) is 74.7 Å². The molecular formula is C25H29N3O8. The van der Waals surface area contributed by atoms with Crippen LogP contribution in [0.5, 0.6) is 0 Å². The molecule has 0 aliphatic rings. The highest BCUT2D eigenvalue weighted by Gasteiger charge is 2.27. The van der Waals surface area contributed by atoms with Crippen molar-refractivity contribution in [3.63, 3.8) is 0 Å². The maximum atomic E-state index is 13.3. The number of nitrogens with one attached hydrogen (secondary N) is 1. The first-order chi connectivity index (χ1) is 17.1. The lowest BCUT2D eigenvalue weighted by Gasteiger charge is -2.23. The number of benzene rings is 2. The Morgan fingerprint density at radius 1 is 1.08 bits per heavy atom. The van der Waals surface area contributed by atoms with Crippen LogP contribution < -0.4 is 10.9 Å². The van der Waals surface area contributed by atoms with Gasteiger partial charge in [-0.25, -0.2) is 9.78 Å². The van der Waals surface area contributed by atoms with Gasteiger partial charge in [0, 0.05) is 6.54 Å². The van der Waals surface area contributed by atoms with Crippen molar-refractivity contribution in [2.24, 2.45) is 0 Å². The lowest BCUT2D eigenvalue weighted by molar-refractivity contribution is -0.0805. The standard InChI is InChI=1S/C25H29N3O8/c1-13-7-17-18(8-14(13)2)28(11-19(30)22(32)20(31)12-29)24(34)21(27-17)23(33)26-10-15-5-4-6-16(9-15)25(35)36-3/h4-9,19-20,22,29-32H,10-12H2,1-3H3,(H,26,33)/t19-,20+,22-/m0/s1. The molecule has 3 aromatic rings. The Balaban J connectivity index is 1.97. The SMILES string of the molecule is COC(=O)c1cccc(CNC(=O)c2nc3cc(C)c(C)cc3n(C[C@H](O)[C@H](O)[C@H](O)CO)c2=O)c1. The lowest BCUT2D eigenvalue weighted by Crippen LogP contribution is -2.44. The van der Waals surface area contributed by atoms with Crippen molar-refractivity contribution in [2.45, 2.75) is 45.2 Å². The van der Waals surface area contributed by atoms with Crippen molar-refractivity contribution in [2.75, 3.05) is 13.7 Å². The maximum Gasteiger partial charge on any atom is 0.337 e. The molecular weight excluding hydrogens is 470 g/mol. The summed E-state index contributed by atoms with van der Waals surface area (Å²) in [5.41, 5.74) is 2.01. The quantitative estimate of drug-likeness (QED) is 0.250. The van der Waals surface area contributed by atoms with E-state index in [-0.39, 0.29) is 6.54 Å². The number of esters is 1. The molecule has 0 saturated heterocycles. The second-order valence-corrected chi connectivity index (χ2v) is 8.48. The third kappa shape index (κ3) is 5.77. The van der Waals surface area contributed by atoms with E-state index in [0.717, 1.165) is 15.7 Å². The fourth-order valence-corrected chi connectivity index (χ4v) is 3.68. The van der Waals surface area contributed by atoms with E-state index in [4.69, 9.17) is 9.84 Å². The lowest BCUT2D eigenvalue weighted by atomic mass is 10.1. The number of aliphatic hydroxyl groups excluding tert-OH is 4. The van der Waals surface area contributed by atoms with Crippen LogP contribution in [0.25, 0.3) is 11.0 Å². The second kappa shape index (κ2) is 11.4. The molecule has 0 bridgehead atoms. The summed E-state index contributed by atoms with van der Waals surface area (Å²) in [7, 11) is 1.26. The summed E-state index contributed by atoms with van der Waals surface area (Å²) in [5, 5.41) is 41.8. The Kier molecular flexibility index (Phi) is 8.53. The number of methoxy groups -OCH3 is 1. The van der Waals surface area contributed by atoms with Gasteiger partial charge in [0.1, 0.15) is 18.3 Å². The third-order valence-electron chi connectivity index (χ3n) is 5.92. The van der Waals surface area contributed by atoms with Gasteiger partial charge in [-0.3, -0.25) is 9.59 Å². The highest BCUT2D eigenvalue weighted by molar-refractivity contribution is 5.94. The highest BCUT2D eigenvalue weighted by Crippen LogP contribution is 2.18. The first-order valence-electron chi connectivity index (χ1n) is 11.2. The zero-order valence-corrected chi connectivity index (χ0v) is 20.1. The number of hydrogen-bond acceptors (Lipinski definition) is 9. The topological polar surface area (TPSA) is 171 Å². The number of carbonyl (C=O) groups is 2. The second-order valence-electron chi connectivity index (χ2n) is 8.48. The Morgan fingerprint density at radius 2 is 1.78 bits per heavy atom. The largest absolute Gasteiger partial charge is 0.465 e. The number of aromatic nitrogens is 2. The average Bonchev–Trinajstić information content (AvgIpc) is 2.88. The monoisotopic (exact) mass is 499 g/mol. The van der Waals surface area contributed by atoms with Crippen molar-refractivity contribution < 1.29 is 34.8 Å². The Morgan fingerprint density at radius 3 is 2.44 bits per heavy atom. The molecule has 0 unspecified atom stereocenters. The van der Waals surface area contributed by atoms with E-state index in [1.165, 1.54) is 7.11 Å². The summed E-state index contributed by atoms with van der Waals surface area (Å²) in [5.74, 6) is -1.30. The smallest absolute Gasteiger partial charge is 0.337 e. The van der Waals surface area contributed by atoms with Gasteiger partial charge in [-0.05, 0) is 54.8 Å². The van der Waals surface area contributed by atoms with Gasteiger partial charge in [0.15, 0.2) is 5.69 Å². The zero-order chi connectivity index (χ0) is 26.6. The molecule has 0 aliphatic heterocycles. The molecule has 0 saturated carbocycles. The van der Waals surface area contributed by atoms with Crippen molar-refractivity contribution in [3.8, 4) is 0 Å². The van der Waals surface area contributed by atoms with Gasteiger partial charge in [0.05, 0.1) is 36.9 Å². The van der Waals surface area contributed by atoms with Crippen LogP contribution in [0.2, 0.25) is 0 Å². The van der Waals surface area contributed by atoms with Gasteiger partial charge in [0.25, 0.3) is 11.5 Å². The van der Waals surface area contributed by atoms with Crippen molar-refractivity contribution in [1.29, 1.82) is 0 Å². The molecule has 5 N–H and O–H groups in total. The van der Waals surface area contributed by atoms with Crippen LogP contribution in [-0.2, 0) is 17.8 Å². The minimum absolute atomic E-state index is 0.000216. The zero-order valence-electron chi connectivity index (χ0n) is 20.1.